The van der Waals surface area contributed by atoms with Crippen LogP contribution in [0.3, 0.4) is 0 Å². The molecular weight excluding hydrogens is 183 g/mol. The van der Waals surface area contributed by atoms with Gasteiger partial charge in [-0.3, -0.25) is 0 Å². The highest BCUT2D eigenvalue weighted by molar-refractivity contribution is 5.90. The van der Waals surface area contributed by atoms with Crippen molar-refractivity contribution in [1.29, 1.82) is 0 Å². The molecule has 0 aliphatic heterocycles. The van der Waals surface area contributed by atoms with Crippen molar-refractivity contribution in [2.45, 2.75) is 20.8 Å². The minimum Gasteiger partial charge on any atom is -0.465 e. The average Bonchev–Trinajstić information content (AvgIpc) is 2.23. The molecule has 1 aromatic carbocycles. The van der Waals surface area contributed by atoms with Gasteiger partial charge in [-0.25, -0.2) is 9.18 Å². The van der Waals surface area contributed by atoms with Crippen molar-refractivity contribution in [1.82, 2.24) is 0 Å². The molecule has 0 aliphatic carbocycles. The Bertz CT molecular complexity index is 308. The van der Waals surface area contributed by atoms with Gasteiger partial charge in [0.15, 0.2) is 0 Å². The van der Waals surface area contributed by atoms with E-state index in [1.54, 1.807) is 13.0 Å². The van der Waals surface area contributed by atoms with Crippen LogP contribution in [-0.4, -0.2) is 13.1 Å². The molecule has 0 saturated heterocycles. The third-order valence-corrected chi connectivity index (χ3v) is 1.60. The first-order chi connectivity index (χ1) is 6.65. The number of methoxy groups -OCH3 is 1. The van der Waals surface area contributed by atoms with Gasteiger partial charge in [0.2, 0.25) is 0 Å². The first kappa shape index (κ1) is 12.6. The van der Waals surface area contributed by atoms with Gasteiger partial charge >= 0.3 is 5.97 Å². The zero-order chi connectivity index (χ0) is 11.1. The zero-order valence-corrected chi connectivity index (χ0v) is 8.93. The fraction of sp³-hybridized carbons (Fsp3) is 0.364. The molecule has 0 fully saturated rings. The lowest BCUT2D eigenvalue weighted by molar-refractivity contribution is 0.0599. The largest absolute Gasteiger partial charge is 0.465 e. The van der Waals surface area contributed by atoms with E-state index >= 15 is 0 Å². The third kappa shape index (κ3) is 3.17. The van der Waals surface area contributed by atoms with Crippen LogP contribution in [0.1, 0.15) is 29.8 Å². The lowest BCUT2D eigenvalue weighted by Crippen LogP contribution is -2.03. The number of carbonyl (C=O) groups is 1. The van der Waals surface area contributed by atoms with Crippen LogP contribution in [0.4, 0.5) is 4.39 Å². The van der Waals surface area contributed by atoms with Gasteiger partial charge in [0.1, 0.15) is 5.82 Å². The number of aryl methyl sites for hydroxylation is 1. The summed E-state index contributed by atoms with van der Waals surface area (Å²) < 4.78 is 17.1. The maximum absolute atomic E-state index is 12.6. The van der Waals surface area contributed by atoms with E-state index in [0.717, 1.165) is 0 Å². The molecule has 1 rings (SSSR count). The normalized spacial score (nSPS) is 8.64. The number of esters is 1. The topological polar surface area (TPSA) is 26.3 Å². The number of ether oxygens (including phenoxy) is 1. The van der Waals surface area contributed by atoms with E-state index in [1.807, 2.05) is 13.8 Å². The first-order valence-corrected chi connectivity index (χ1v) is 4.49. The molecule has 3 heteroatoms. The van der Waals surface area contributed by atoms with Crippen molar-refractivity contribution in [2.24, 2.45) is 0 Å². The highest BCUT2D eigenvalue weighted by Crippen LogP contribution is 2.10. The molecule has 0 saturated carbocycles. The molecule has 2 nitrogen and oxygen atoms in total. The third-order valence-electron chi connectivity index (χ3n) is 1.60. The SMILES string of the molecule is CC.COC(=O)c1cc(F)ccc1C. The molecular formula is C11H15FO2. The van der Waals surface area contributed by atoms with Crippen LogP contribution < -0.4 is 0 Å². The second-order valence-electron chi connectivity index (χ2n) is 2.45. The summed E-state index contributed by atoms with van der Waals surface area (Å²) >= 11 is 0. The van der Waals surface area contributed by atoms with Crippen molar-refractivity contribution in [3.8, 4) is 0 Å². The van der Waals surface area contributed by atoms with Crippen molar-refractivity contribution in [3.05, 3.63) is 35.1 Å². The van der Waals surface area contributed by atoms with Crippen molar-refractivity contribution < 1.29 is 13.9 Å². The van der Waals surface area contributed by atoms with E-state index in [4.69, 9.17) is 0 Å². The molecule has 0 N–H and O–H groups in total. The second-order valence-corrected chi connectivity index (χ2v) is 2.45. The lowest BCUT2D eigenvalue weighted by Gasteiger charge is -2.02. The van der Waals surface area contributed by atoms with E-state index in [9.17, 15) is 9.18 Å². The van der Waals surface area contributed by atoms with Gasteiger partial charge in [0.25, 0.3) is 0 Å². The molecule has 0 radical (unpaired) electrons. The maximum Gasteiger partial charge on any atom is 0.338 e. The molecule has 0 amide bonds. The number of hydrogen-bond donors (Lipinski definition) is 0. The molecule has 0 aliphatic rings. The van der Waals surface area contributed by atoms with E-state index < -0.39 is 11.8 Å². The van der Waals surface area contributed by atoms with Gasteiger partial charge in [-0.05, 0) is 24.6 Å². The van der Waals surface area contributed by atoms with Gasteiger partial charge in [0, 0.05) is 0 Å². The van der Waals surface area contributed by atoms with Crippen LogP contribution in [0.15, 0.2) is 18.2 Å². The first-order valence-electron chi connectivity index (χ1n) is 4.49. The van der Waals surface area contributed by atoms with Gasteiger partial charge < -0.3 is 4.74 Å². The fourth-order valence-corrected chi connectivity index (χ4v) is 0.924. The summed E-state index contributed by atoms with van der Waals surface area (Å²) in [4.78, 5) is 11.0. The summed E-state index contributed by atoms with van der Waals surface area (Å²) in [5.74, 6) is -0.937. The summed E-state index contributed by atoms with van der Waals surface area (Å²) in [6.45, 7) is 5.73. The van der Waals surface area contributed by atoms with Crippen molar-refractivity contribution in [2.75, 3.05) is 7.11 Å². The van der Waals surface area contributed by atoms with Crippen LogP contribution in [-0.2, 0) is 4.74 Å². The molecule has 0 spiro atoms. The van der Waals surface area contributed by atoms with Gasteiger partial charge in [-0.15, -0.1) is 0 Å². The zero-order valence-electron chi connectivity index (χ0n) is 8.93. The quantitative estimate of drug-likeness (QED) is 0.648. The highest BCUT2D eigenvalue weighted by atomic mass is 19.1. The molecule has 1 aromatic rings. The Kier molecular flexibility index (Phi) is 5.53. The Morgan fingerprint density at radius 2 is 1.93 bits per heavy atom. The minimum atomic E-state index is -0.507. The number of rotatable bonds is 1. The van der Waals surface area contributed by atoms with E-state index in [-0.39, 0.29) is 5.56 Å². The summed E-state index contributed by atoms with van der Waals surface area (Å²) in [7, 11) is 1.27. The Hall–Kier alpha value is -1.38. The van der Waals surface area contributed by atoms with E-state index in [0.29, 0.717) is 5.56 Å². The lowest BCUT2D eigenvalue weighted by atomic mass is 10.1. The van der Waals surface area contributed by atoms with Crippen LogP contribution in [0, 0.1) is 12.7 Å². The van der Waals surface area contributed by atoms with Crippen molar-refractivity contribution >= 4 is 5.97 Å². The number of carbonyl (C=O) groups excluding carboxylic acids is 1. The monoisotopic (exact) mass is 198 g/mol. The Labute approximate surface area is 83.7 Å². The van der Waals surface area contributed by atoms with Crippen LogP contribution in [0.5, 0.6) is 0 Å². The summed E-state index contributed by atoms with van der Waals surface area (Å²) in [6, 6.07) is 4.02. The van der Waals surface area contributed by atoms with Gasteiger partial charge in [0.05, 0.1) is 12.7 Å². The number of halogens is 1. The number of hydrogen-bond acceptors (Lipinski definition) is 2. The predicted octanol–water partition coefficient (Wildman–Crippen LogP) is 2.95. The summed E-state index contributed by atoms with van der Waals surface area (Å²) in [5, 5.41) is 0. The summed E-state index contributed by atoms with van der Waals surface area (Å²) in [5.41, 5.74) is 0.987. The Morgan fingerprint density at radius 1 is 1.36 bits per heavy atom. The molecule has 14 heavy (non-hydrogen) atoms. The molecule has 0 unspecified atom stereocenters. The Balaban J connectivity index is 0.000000791. The fourth-order valence-electron chi connectivity index (χ4n) is 0.924. The van der Waals surface area contributed by atoms with Crippen LogP contribution in [0.2, 0.25) is 0 Å². The number of benzene rings is 1. The van der Waals surface area contributed by atoms with E-state index in [2.05, 4.69) is 4.74 Å². The standard InChI is InChI=1S/C9H9FO2.C2H6/c1-6-3-4-7(10)5-8(6)9(11)12-2;1-2/h3-5H,1-2H3;1-2H3. The minimum absolute atomic E-state index is 0.275. The Morgan fingerprint density at radius 3 is 2.43 bits per heavy atom. The molecule has 0 atom stereocenters. The van der Waals surface area contributed by atoms with Gasteiger partial charge in [-0.2, -0.15) is 0 Å². The van der Waals surface area contributed by atoms with Crippen LogP contribution >= 0.6 is 0 Å². The smallest absolute Gasteiger partial charge is 0.338 e. The average molecular weight is 198 g/mol. The second kappa shape index (κ2) is 6.13. The van der Waals surface area contributed by atoms with Gasteiger partial charge in [-0.1, -0.05) is 19.9 Å². The molecule has 0 bridgehead atoms. The molecule has 0 aromatic heterocycles. The molecule has 78 valence electrons. The predicted molar refractivity (Wildman–Crippen MR) is 53.8 cm³/mol. The highest BCUT2D eigenvalue weighted by Gasteiger charge is 2.09. The molecule has 0 heterocycles. The van der Waals surface area contributed by atoms with Crippen molar-refractivity contribution in [3.63, 3.8) is 0 Å². The summed E-state index contributed by atoms with van der Waals surface area (Å²) in [6.07, 6.45) is 0. The van der Waals surface area contributed by atoms with Crippen LogP contribution in [0.25, 0.3) is 0 Å². The maximum atomic E-state index is 12.6. The van der Waals surface area contributed by atoms with E-state index in [1.165, 1.54) is 19.2 Å².